The molecule has 0 unspecified atom stereocenters. The van der Waals surface area contributed by atoms with Gasteiger partial charge in [-0.05, 0) is 42.8 Å². The van der Waals surface area contributed by atoms with Crippen molar-refractivity contribution in [2.45, 2.75) is 6.92 Å². The number of hydrogen-bond donors (Lipinski definition) is 1. The Hall–Kier alpha value is -3.50. The number of methoxy groups -OCH3 is 2. The largest absolute Gasteiger partial charge is 0.493 e. The van der Waals surface area contributed by atoms with Crippen LogP contribution < -0.4 is 14.8 Å². The van der Waals surface area contributed by atoms with Crippen LogP contribution >= 0.6 is 11.6 Å². The molecule has 0 aliphatic heterocycles. The fourth-order valence-electron chi connectivity index (χ4n) is 2.30. The molecule has 0 aromatic heterocycles. The molecule has 0 saturated carbocycles. The number of nitrogens with one attached hydrogen (secondary N) is 1. The Labute approximate surface area is 173 Å². The molecule has 0 aliphatic carbocycles. The third kappa shape index (κ3) is 5.99. The van der Waals surface area contributed by atoms with Gasteiger partial charge in [0.1, 0.15) is 11.6 Å². The lowest BCUT2D eigenvalue weighted by Gasteiger charge is -2.12. The van der Waals surface area contributed by atoms with Crippen molar-refractivity contribution in [1.82, 2.24) is 0 Å². The summed E-state index contributed by atoms with van der Waals surface area (Å²) < 4.78 is 15.1. The number of aryl methyl sites for hydroxylation is 1. The van der Waals surface area contributed by atoms with Gasteiger partial charge >= 0.3 is 5.97 Å². The van der Waals surface area contributed by atoms with Crippen molar-refractivity contribution < 1.29 is 23.8 Å². The Kier molecular flexibility index (Phi) is 7.63. The number of nitriles is 1. The van der Waals surface area contributed by atoms with Gasteiger partial charge in [0.2, 0.25) is 0 Å². The standard InChI is InChI=1S/C21H19ClN2O5/c1-13-4-6-16(7-5-13)24-21(26)15(11-23)8-14-9-17(22)20(18(10-14)27-2)29-12-19(25)28-3/h4-10H,12H2,1-3H3,(H,24,26)/b15-8+. The number of nitrogens with zero attached hydrogens (tertiary/aromatic N) is 1. The van der Waals surface area contributed by atoms with Crippen molar-refractivity contribution in [1.29, 1.82) is 5.26 Å². The summed E-state index contributed by atoms with van der Waals surface area (Å²) in [7, 11) is 2.64. The van der Waals surface area contributed by atoms with Crippen LogP contribution in [0.25, 0.3) is 6.08 Å². The fraction of sp³-hybridized carbons (Fsp3) is 0.190. The summed E-state index contributed by atoms with van der Waals surface area (Å²) in [5.41, 5.74) is 1.96. The molecule has 7 nitrogen and oxygen atoms in total. The molecule has 0 atom stereocenters. The Morgan fingerprint density at radius 3 is 2.48 bits per heavy atom. The molecule has 0 heterocycles. The average Bonchev–Trinajstić information content (AvgIpc) is 2.72. The summed E-state index contributed by atoms with van der Waals surface area (Å²) in [5.74, 6) is -0.743. The SMILES string of the molecule is COC(=O)COc1c(Cl)cc(/C=C(\C#N)C(=O)Nc2ccc(C)cc2)cc1OC. The molecule has 0 fully saturated rings. The fourth-order valence-corrected chi connectivity index (χ4v) is 2.58. The predicted molar refractivity (Wildman–Crippen MR) is 109 cm³/mol. The van der Waals surface area contributed by atoms with Gasteiger partial charge in [0.05, 0.1) is 19.2 Å². The second-order valence-corrected chi connectivity index (χ2v) is 6.30. The van der Waals surface area contributed by atoms with Gasteiger partial charge in [-0.15, -0.1) is 0 Å². The highest BCUT2D eigenvalue weighted by atomic mass is 35.5. The van der Waals surface area contributed by atoms with E-state index >= 15 is 0 Å². The van der Waals surface area contributed by atoms with Crippen LogP contribution in [-0.2, 0) is 14.3 Å². The van der Waals surface area contributed by atoms with E-state index in [-0.39, 0.29) is 28.7 Å². The minimum Gasteiger partial charge on any atom is -0.493 e. The van der Waals surface area contributed by atoms with Crippen molar-refractivity contribution in [3.05, 3.63) is 58.1 Å². The number of amides is 1. The van der Waals surface area contributed by atoms with Crippen LogP contribution in [0.1, 0.15) is 11.1 Å². The number of anilines is 1. The van der Waals surface area contributed by atoms with Crippen LogP contribution in [0, 0.1) is 18.3 Å². The molecule has 1 amide bonds. The van der Waals surface area contributed by atoms with Gasteiger partial charge in [0, 0.05) is 5.69 Å². The monoisotopic (exact) mass is 414 g/mol. The van der Waals surface area contributed by atoms with Gasteiger partial charge in [-0.25, -0.2) is 4.79 Å². The van der Waals surface area contributed by atoms with Crippen LogP contribution in [-0.4, -0.2) is 32.7 Å². The van der Waals surface area contributed by atoms with E-state index in [1.165, 1.54) is 32.4 Å². The van der Waals surface area contributed by atoms with E-state index in [4.69, 9.17) is 21.1 Å². The zero-order valence-corrected chi connectivity index (χ0v) is 16.9. The molecule has 0 bridgehead atoms. The number of ether oxygens (including phenoxy) is 3. The molecule has 29 heavy (non-hydrogen) atoms. The zero-order valence-electron chi connectivity index (χ0n) is 16.1. The van der Waals surface area contributed by atoms with E-state index in [2.05, 4.69) is 10.1 Å². The van der Waals surface area contributed by atoms with Crippen LogP contribution in [0.15, 0.2) is 42.0 Å². The smallest absolute Gasteiger partial charge is 0.343 e. The number of benzene rings is 2. The minimum absolute atomic E-state index is 0.119. The average molecular weight is 415 g/mol. The first kappa shape index (κ1) is 21.8. The minimum atomic E-state index is -0.577. The van der Waals surface area contributed by atoms with Gasteiger partial charge in [-0.1, -0.05) is 29.3 Å². The lowest BCUT2D eigenvalue weighted by molar-refractivity contribution is -0.142. The summed E-state index contributed by atoms with van der Waals surface area (Å²) in [6.07, 6.45) is 1.38. The summed E-state index contributed by atoms with van der Waals surface area (Å²) in [5, 5.41) is 12.2. The van der Waals surface area contributed by atoms with Crippen LogP contribution in [0.5, 0.6) is 11.5 Å². The molecule has 150 valence electrons. The molecule has 8 heteroatoms. The van der Waals surface area contributed by atoms with Crippen molar-refractivity contribution >= 4 is 35.2 Å². The van der Waals surface area contributed by atoms with Crippen molar-refractivity contribution in [3.8, 4) is 17.6 Å². The molecule has 0 saturated heterocycles. The second kappa shape index (κ2) is 10.2. The third-order valence-corrected chi connectivity index (χ3v) is 4.08. The van der Waals surface area contributed by atoms with Crippen LogP contribution in [0.4, 0.5) is 5.69 Å². The lowest BCUT2D eigenvalue weighted by Crippen LogP contribution is -2.14. The van der Waals surface area contributed by atoms with Gasteiger partial charge in [-0.3, -0.25) is 4.79 Å². The van der Waals surface area contributed by atoms with E-state index in [0.29, 0.717) is 11.3 Å². The molecule has 1 N–H and O–H groups in total. The van der Waals surface area contributed by atoms with Crippen molar-refractivity contribution in [2.24, 2.45) is 0 Å². The number of halogens is 1. The molecular weight excluding hydrogens is 396 g/mol. The molecule has 0 radical (unpaired) electrons. The zero-order chi connectivity index (χ0) is 21.4. The van der Waals surface area contributed by atoms with E-state index < -0.39 is 11.9 Å². The molecule has 2 aromatic carbocycles. The summed E-state index contributed by atoms with van der Waals surface area (Å²) in [6.45, 7) is 1.59. The van der Waals surface area contributed by atoms with Gasteiger partial charge in [0.25, 0.3) is 5.91 Å². The van der Waals surface area contributed by atoms with E-state index in [9.17, 15) is 14.9 Å². The van der Waals surface area contributed by atoms with Crippen molar-refractivity contribution in [3.63, 3.8) is 0 Å². The van der Waals surface area contributed by atoms with E-state index in [1.807, 2.05) is 25.1 Å². The normalized spacial score (nSPS) is 10.7. The maximum atomic E-state index is 12.4. The number of carbonyl (C=O) groups is 2. The van der Waals surface area contributed by atoms with Crippen molar-refractivity contribution in [2.75, 3.05) is 26.1 Å². The Bertz CT molecular complexity index is 978. The van der Waals surface area contributed by atoms with E-state index in [1.54, 1.807) is 12.1 Å². The highest BCUT2D eigenvalue weighted by Crippen LogP contribution is 2.37. The summed E-state index contributed by atoms with van der Waals surface area (Å²) >= 11 is 6.22. The molecule has 2 aromatic rings. The Morgan fingerprint density at radius 2 is 1.90 bits per heavy atom. The summed E-state index contributed by atoms with van der Waals surface area (Å²) in [6, 6.07) is 12.1. The van der Waals surface area contributed by atoms with Gasteiger partial charge < -0.3 is 19.5 Å². The van der Waals surface area contributed by atoms with Crippen LogP contribution in [0.3, 0.4) is 0 Å². The molecule has 0 aliphatic rings. The molecular formula is C21H19ClN2O5. The first-order chi connectivity index (χ1) is 13.9. The van der Waals surface area contributed by atoms with Crippen LogP contribution in [0.2, 0.25) is 5.02 Å². The topological polar surface area (TPSA) is 97.7 Å². The molecule has 0 spiro atoms. The number of esters is 1. The predicted octanol–water partition coefficient (Wildman–Crippen LogP) is 3.75. The molecule has 2 rings (SSSR count). The number of carbonyl (C=O) groups excluding carboxylic acids is 2. The maximum absolute atomic E-state index is 12.4. The van der Waals surface area contributed by atoms with E-state index in [0.717, 1.165) is 5.56 Å². The Balaban J connectivity index is 2.26. The second-order valence-electron chi connectivity index (χ2n) is 5.89. The Morgan fingerprint density at radius 1 is 1.21 bits per heavy atom. The quantitative estimate of drug-likeness (QED) is 0.421. The van der Waals surface area contributed by atoms with Gasteiger partial charge in [-0.2, -0.15) is 5.26 Å². The number of rotatable bonds is 7. The first-order valence-electron chi connectivity index (χ1n) is 8.45. The maximum Gasteiger partial charge on any atom is 0.343 e. The number of hydrogen-bond acceptors (Lipinski definition) is 6. The lowest BCUT2D eigenvalue weighted by atomic mass is 10.1. The highest BCUT2D eigenvalue weighted by Gasteiger charge is 2.15. The highest BCUT2D eigenvalue weighted by molar-refractivity contribution is 6.32. The summed E-state index contributed by atoms with van der Waals surface area (Å²) in [4.78, 5) is 23.7. The first-order valence-corrected chi connectivity index (χ1v) is 8.82. The van der Waals surface area contributed by atoms with Gasteiger partial charge in [0.15, 0.2) is 18.1 Å². The third-order valence-electron chi connectivity index (χ3n) is 3.80.